The van der Waals surface area contributed by atoms with E-state index in [1.165, 1.54) is 25.3 Å². The van der Waals surface area contributed by atoms with Crippen LogP contribution in [-0.4, -0.2) is 30.4 Å². The second-order valence-corrected chi connectivity index (χ2v) is 6.28. The van der Waals surface area contributed by atoms with Crippen LogP contribution in [0.1, 0.15) is 37.1 Å². The Morgan fingerprint density at radius 3 is 2.58 bits per heavy atom. The second-order valence-electron chi connectivity index (χ2n) is 6.28. The molecule has 128 valence electrons. The molecule has 2 heterocycles. The zero-order valence-electron chi connectivity index (χ0n) is 14.1. The summed E-state index contributed by atoms with van der Waals surface area (Å²) in [5.74, 6) is 0.984. The van der Waals surface area contributed by atoms with Gasteiger partial charge in [-0.05, 0) is 55.8 Å². The molecular weight excluding hydrogens is 302 g/mol. The van der Waals surface area contributed by atoms with E-state index in [9.17, 15) is 4.79 Å². The molecule has 0 bridgehead atoms. The first-order chi connectivity index (χ1) is 11.7. The Morgan fingerprint density at radius 1 is 1.21 bits per heavy atom. The summed E-state index contributed by atoms with van der Waals surface area (Å²) in [5, 5.41) is 6.32. The average Bonchev–Trinajstić information content (AvgIpc) is 3.26. The third kappa shape index (κ3) is 4.46. The lowest BCUT2D eigenvalue weighted by molar-refractivity contribution is -0.114. The van der Waals surface area contributed by atoms with E-state index in [-0.39, 0.29) is 5.91 Å². The first-order valence-electron chi connectivity index (χ1n) is 8.57. The maximum absolute atomic E-state index is 11.0. The van der Waals surface area contributed by atoms with E-state index < -0.39 is 0 Å². The molecule has 1 saturated heterocycles. The number of carbonyl (C=O) groups excluding carboxylic acids is 1. The molecule has 2 N–H and O–H groups in total. The van der Waals surface area contributed by atoms with Gasteiger partial charge in [-0.1, -0.05) is 12.1 Å². The van der Waals surface area contributed by atoms with E-state index in [2.05, 4.69) is 21.6 Å². The van der Waals surface area contributed by atoms with Crippen molar-refractivity contribution in [3.63, 3.8) is 0 Å². The highest BCUT2D eigenvalue weighted by atomic mass is 16.3. The molecule has 1 aliphatic rings. The second kappa shape index (κ2) is 8.13. The molecule has 0 aliphatic carbocycles. The molecule has 5 heteroatoms. The minimum atomic E-state index is -0.0484. The van der Waals surface area contributed by atoms with Crippen molar-refractivity contribution in [3.8, 4) is 0 Å². The van der Waals surface area contributed by atoms with Crippen LogP contribution in [0.2, 0.25) is 0 Å². The van der Waals surface area contributed by atoms with Crippen molar-refractivity contribution >= 4 is 11.6 Å². The lowest BCUT2D eigenvalue weighted by Gasteiger charge is -2.26. The van der Waals surface area contributed by atoms with Gasteiger partial charge in [-0.2, -0.15) is 0 Å². The molecule has 0 saturated carbocycles. The van der Waals surface area contributed by atoms with Gasteiger partial charge in [0.15, 0.2) is 0 Å². The zero-order valence-corrected chi connectivity index (χ0v) is 14.1. The van der Waals surface area contributed by atoms with Crippen molar-refractivity contribution in [2.75, 3.05) is 25.0 Å². The molecule has 24 heavy (non-hydrogen) atoms. The predicted molar refractivity (Wildman–Crippen MR) is 94.7 cm³/mol. The number of hydrogen-bond acceptors (Lipinski definition) is 4. The van der Waals surface area contributed by atoms with E-state index in [1.807, 2.05) is 30.3 Å². The van der Waals surface area contributed by atoms with Gasteiger partial charge in [0.1, 0.15) is 5.76 Å². The maximum atomic E-state index is 11.0. The van der Waals surface area contributed by atoms with Crippen molar-refractivity contribution in [3.05, 3.63) is 54.0 Å². The Kier molecular flexibility index (Phi) is 5.67. The Bertz CT molecular complexity index is 631. The van der Waals surface area contributed by atoms with Crippen LogP contribution in [0.25, 0.3) is 0 Å². The van der Waals surface area contributed by atoms with Crippen LogP contribution in [0.4, 0.5) is 5.69 Å². The third-order valence-electron chi connectivity index (χ3n) is 4.39. The number of anilines is 1. The van der Waals surface area contributed by atoms with Crippen molar-refractivity contribution in [1.29, 1.82) is 0 Å². The Morgan fingerprint density at radius 2 is 1.96 bits per heavy atom. The van der Waals surface area contributed by atoms with Gasteiger partial charge in [-0.3, -0.25) is 9.69 Å². The third-order valence-corrected chi connectivity index (χ3v) is 4.39. The smallest absolute Gasteiger partial charge is 0.221 e. The van der Waals surface area contributed by atoms with Crippen molar-refractivity contribution in [2.24, 2.45) is 0 Å². The largest absolute Gasteiger partial charge is 0.468 e. The number of furan rings is 1. The standard InChI is InChI=1S/C19H25N3O2/c1-15(23)21-17-8-6-16(7-9-17)13-20-14-18(19-5-4-12-24-19)22-10-2-3-11-22/h4-9,12,18,20H,2-3,10-11,13-14H2,1H3,(H,21,23)/t18-/m0/s1. The lowest BCUT2D eigenvalue weighted by atomic mass is 10.1. The van der Waals surface area contributed by atoms with Gasteiger partial charge in [0, 0.05) is 25.7 Å². The minimum Gasteiger partial charge on any atom is -0.468 e. The molecule has 1 atom stereocenters. The fourth-order valence-electron chi connectivity index (χ4n) is 3.21. The first kappa shape index (κ1) is 16.7. The molecular formula is C19H25N3O2. The van der Waals surface area contributed by atoms with Crippen molar-refractivity contribution in [1.82, 2.24) is 10.2 Å². The Hall–Kier alpha value is -2.11. The van der Waals surface area contributed by atoms with Crippen LogP contribution in [-0.2, 0) is 11.3 Å². The highest BCUT2D eigenvalue weighted by Gasteiger charge is 2.24. The Balaban J connectivity index is 1.54. The summed E-state index contributed by atoms with van der Waals surface area (Å²) in [7, 11) is 0. The summed E-state index contributed by atoms with van der Waals surface area (Å²) in [5.41, 5.74) is 2.03. The fourth-order valence-corrected chi connectivity index (χ4v) is 3.21. The molecule has 0 unspecified atom stereocenters. The molecule has 1 aromatic heterocycles. The quantitative estimate of drug-likeness (QED) is 0.820. The van der Waals surface area contributed by atoms with Gasteiger partial charge >= 0.3 is 0 Å². The van der Waals surface area contributed by atoms with Gasteiger partial charge in [0.25, 0.3) is 0 Å². The monoisotopic (exact) mass is 327 g/mol. The zero-order chi connectivity index (χ0) is 16.8. The van der Waals surface area contributed by atoms with Gasteiger partial charge in [-0.15, -0.1) is 0 Å². The van der Waals surface area contributed by atoms with Crippen LogP contribution >= 0.6 is 0 Å². The first-order valence-corrected chi connectivity index (χ1v) is 8.57. The van der Waals surface area contributed by atoms with Gasteiger partial charge < -0.3 is 15.1 Å². The molecule has 1 fully saturated rings. The number of nitrogens with zero attached hydrogens (tertiary/aromatic N) is 1. The topological polar surface area (TPSA) is 57.5 Å². The number of amides is 1. The molecule has 1 aromatic carbocycles. The molecule has 1 amide bonds. The average molecular weight is 327 g/mol. The number of carbonyl (C=O) groups is 1. The highest BCUT2D eigenvalue weighted by molar-refractivity contribution is 5.88. The SMILES string of the molecule is CC(=O)Nc1ccc(CNC[C@@H](c2ccco2)N2CCCC2)cc1. The maximum Gasteiger partial charge on any atom is 0.221 e. The lowest BCUT2D eigenvalue weighted by Crippen LogP contribution is -2.33. The minimum absolute atomic E-state index is 0.0484. The summed E-state index contributed by atoms with van der Waals surface area (Å²) >= 11 is 0. The number of likely N-dealkylation sites (tertiary alicyclic amines) is 1. The Labute approximate surface area is 143 Å². The summed E-state index contributed by atoms with van der Waals surface area (Å²) in [6.45, 7) is 5.45. The van der Waals surface area contributed by atoms with E-state index in [0.29, 0.717) is 6.04 Å². The summed E-state index contributed by atoms with van der Waals surface area (Å²) in [6, 6.07) is 12.3. The van der Waals surface area contributed by atoms with Crippen LogP contribution in [0.15, 0.2) is 47.1 Å². The van der Waals surface area contributed by atoms with Crippen LogP contribution in [0.3, 0.4) is 0 Å². The molecule has 5 nitrogen and oxygen atoms in total. The number of nitrogens with one attached hydrogen (secondary N) is 2. The highest BCUT2D eigenvalue weighted by Crippen LogP contribution is 2.25. The van der Waals surface area contributed by atoms with Gasteiger partial charge in [0.2, 0.25) is 5.91 Å². The van der Waals surface area contributed by atoms with Crippen molar-refractivity contribution in [2.45, 2.75) is 32.4 Å². The summed E-state index contributed by atoms with van der Waals surface area (Å²) in [4.78, 5) is 13.5. The number of hydrogen-bond donors (Lipinski definition) is 2. The van der Waals surface area contributed by atoms with Gasteiger partial charge in [0.05, 0.1) is 12.3 Å². The van der Waals surface area contributed by atoms with E-state index in [4.69, 9.17) is 4.42 Å². The molecule has 0 radical (unpaired) electrons. The molecule has 1 aliphatic heterocycles. The van der Waals surface area contributed by atoms with Gasteiger partial charge in [-0.25, -0.2) is 0 Å². The normalized spacial score (nSPS) is 16.2. The van der Waals surface area contributed by atoms with E-state index in [1.54, 1.807) is 6.26 Å². The molecule has 2 aromatic rings. The summed E-state index contributed by atoms with van der Waals surface area (Å²) < 4.78 is 5.64. The fraction of sp³-hybridized carbons (Fsp3) is 0.421. The van der Waals surface area contributed by atoms with E-state index >= 15 is 0 Å². The van der Waals surface area contributed by atoms with Crippen LogP contribution < -0.4 is 10.6 Å². The van der Waals surface area contributed by atoms with E-state index in [0.717, 1.165) is 37.6 Å². The van der Waals surface area contributed by atoms with Crippen LogP contribution in [0.5, 0.6) is 0 Å². The predicted octanol–water partition coefficient (Wildman–Crippen LogP) is 3.16. The molecule has 3 rings (SSSR count). The van der Waals surface area contributed by atoms with Crippen molar-refractivity contribution < 1.29 is 9.21 Å². The number of rotatable bonds is 7. The number of benzene rings is 1. The summed E-state index contributed by atoms with van der Waals surface area (Å²) in [6.07, 6.45) is 4.28. The molecule has 0 spiro atoms. The van der Waals surface area contributed by atoms with Crippen LogP contribution in [0, 0.1) is 0 Å².